The van der Waals surface area contributed by atoms with Crippen LogP contribution in [0.2, 0.25) is 0 Å². The number of hydroxylamine groups is 2. The van der Waals surface area contributed by atoms with Crippen LogP contribution in [0.3, 0.4) is 0 Å². The van der Waals surface area contributed by atoms with Crippen molar-refractivity contribution in [3.63, 3.8) is 0 Å². The molecule has 1 unspecified atom stereocenters. The third-order valence-electron chi connectivity index (χ3n) is 1.73. The lowest BCUT2D eigenvalue weighted by atomic mass is 10.3. The van der Waals surface area contributed by atoms with Crippen molar-refractivity contribution in [2.75, 3.05) is 7.11 Å². The molecule has 0 aromatic rings. The van der Waals surface area contributed by atoms with E-state index in [9.17, 15) is 13.2 Å². The van der Waals surface area contributed by atoms with Crippen LogP contribution in [0.15, 0.2) is 12.3 Å². The van der Waals surface area contributed by atoms with E-state index in [2.05, 4.69) is 11.4 Å². The maximum absolute atomic E-state index is 11.2. The number of allylic oxidation sites excluding steroid dienone is 1. The quantitative estimate of drug-likeness (QED) is 0.620. The molecule has 6 nitrogen and oxygen atoms in total. The molecule has 1 atom stereocenters. The highest BCUT2D eigenvalue weighted by molar-refractivity contribution is 7.87. The zero-order chi connectivity index (χ0) is 10.2. The van der Waals surface area contributed by atoms with Crippen molar-refractivity contribution in [1.29, 1.82) is 0 Å². The summed E-state index contributed by atoms with van der Waals surface area (Å²) in [5.74, 6) is -0.810. The zero-order valence-corrected chi connectivity index (χ0v) is 7.74. The molecule has 0 aromatic heterocycles. The van der Waals surface area contributed by atoms with Crippen molar-refractivity contribution in [1.82, 2.24) is 5.06 Å². The van der Waals surface area contributed by atoms with Gasteiger partial charge >= 0.3 is 0 Å². The van der Waals surface area contributed by atoms with E-state index in [4.69, 9.17) is 4.55 Å². The maximum atomic E-state index is 11.2. The lowest BCUT2D eigenvalue weighted by molar-refractivity contribution is -0.159. The molecule has 74 valence electrons. The van der Waals surface area contributed by atoms with Crippen molar-refractivity contribution >= 4 is 16.0 Å². The molecule has 13 heavy (non-hydrogen) atoms. The Morgan fingerprint density at radius 1 is 1.69 bits per heavy atom. The van der Waals surface area contributed by atoms with Crippen LogP contribution < -0.4 is 0 Å². The van der Waals surface area contributed by atoms with E-state index in [0.29, 0.717) is 0 Å². The predicted molar refractivity (Wildman–Crippen MR) is 42.9 cm³/mol. The third kappa shape index (κ3) is 1.71. The second-order valence-electron chi connectivity index (χ2n) is 2.59. The van der Waals surface area contributed by atoms with Gasteiger partial charge in [-0.05, 0) is 0 Å². The molecular weight excluding hydrogens is 198 g/mol. The molecule has 1 rings (SSSR count). The van der Waals surface area contributed by atoms with Crippen molar-refractivity contribution in [2.45, 2.75) is 11.7 Å². The van der Waals surface area contributed by atoms with Gasteiger partial charge in [-0.2, -0.15) is 13.5 Å². The minimum absolute atomic E-state index is 0.133. The van der Waals surface area contributed by atoms with Crippen molar-refractivity contribution in [3.05, 3.63) is 12.3 Å². The molecule has 0 spiro atoms. The molecule has 1 aliphatic heterocycles. The van der Waals surface area contributed by atoms with Gasteiger partial charge in [0.15, 0.2) is 5.25 Å². The average molecular weight is 207 g/mol. The Labute approximate surface area is 75.5 Å². The number of hydrogen-bond acceptors (Lipinski definition) is 4. The molecule has 0 bridgehead atoms. The van der Waals surface area contributed by atoms with Crippen LogP contribution in [0.1, 0.15) is 6.42 Å². The maximum Gasteiger partial charge on any atom is 0.277 e. The molecule has 7 heteroatoms. The fraction of sp³-hybridized carbons (Fsp3) is 0.500. The zero-order valence-electron chi connectivity index (χ0n) is 6.93. The summed E-state index contributed by atoms with van der Waals surface area (Å²) in [7, 11) is -3.14. The minimum atomic E-state index is -4.36. The number of carbonyl (C=O) groups excluding carboxylic acids is 1. The van der Waals surface area contributed by atoms with Crippen LogP contribution in [0, 0.1) is 0 Å². The first-order chi connectivity index (χ1) is 5.88. The Bertz CT molecular complexity index is 346. The van der Waals surface area contributed by atoms with E-state index in [0.717, 1.165) is 5.06 Å². The van der Waals surface area contributed by atoms with Crippen LogP contribution in [0.25, 0.3) is 0 Å². The van der Waals surface area contributed by atoms with Crippen LogP contribution >= 0.6 is 0 Å². The summed E-state index contributed by atoms with van der Waals surface area (Å²) in [6, 6.07) is 0. The monoisotopic (exact) mass is 207 g/mol. The Hall–Kier alpha value is -0.920. The summed E-state index contributed by atoms with van der Waals surface area (Å²) in [5, 5.41) is -0.710. The van der Waals surface area contributed by atoms with Gasteiger partial charge in [-0.3, -0.25) is 14.2 Å². The molecule has 1 heterocycles. The number of rotatable bonds is 2. The van der Waals surface area contributed by atoms with Gasteiger partial charge in [-0.15, -0.1) is 0 Å². The Balaban J connectivity index is 2.99. The normalized spacial score (nSPS) is 24.2. The molecule has 1 amide bonds. The lowest BCUT2D eigenvalue weighted by Crippen LogP contribution is -2.32. The van der Waals surface area contributed by atoms with E-state index >= 15 is 0 Å². The van der Waals surface area contributed by atoms with Gasteiger partial charge in [0.05, 0.1) is 7.11 Å². The number of carbonyl (C=O) groups is 1. The second kappa shape index (κ2) is 3.09. The first-order valence-corrected chi connectivity index (χ1v) is 4.90. The lowest BCUT2D eigenvalue weighted by Gasteiger charge is -2.12. The van der Waals surface area contributed by atoms with Gasteiger partial charge in [-0.25, -0.2) is 0 Å². The molecule has 1 fully saturated rings. The largest absolute Gasteiger partial charge is 0.285 e. The summed E-state index contributed by atoms with van der Waals surface area (Å²) in [6.45, 7) is 3.43. The standard InChI is InChI=1S/C6H9NO5S/c1-4-3-5(13(9,10)11)6(8)7(4)12-2/h5H,1,3H2,2H3,(H,9,10,11). The minimum Gasteiger partial charge on any atom is -0.285 e. The fourth-order valence-electron chi connectivity index (χ4n) is 1.12. The highest BCUT2D eigenvalue weighted by atomic mass is 32.2. The van der Waals surface area contributed by atoms with Crippen LogP contribution in [-0.2, 0) is 19.8 Å². The fourth-order valence-corrected chi connectivity index (χ4v) is 1.88. The van der Waals surface area contributed by atoms with Crippen molar-refractivity contribution in [3.8, 4) is 0 Å². The second-order valence-corrected chi connectivity index (χ2v) is 4.19. The molecule has 0 saturated carbocycles. The van der Waals surface area contributed by atoms with Gasteiger partial charge < -0.3 is 0 Å². The van der Waals surface area contributed by atoms with E-state index in [1.54, 1.807) is 0 Å². The molecule has 0 radical (unpaired) electrons. The van der Waals surface area contributed by atoms with Crippen molar-refractivity contribution in [2.24, 2.45) is 0 Å². The summed E-state index contributed by atoms with van der Waals surface area (Å²) in [5.41, 5.74) is 0.218. The summed E-state index contributed by atoms with van der Waals surface area (Å²) < 4.78 is 30.0. The van der Waals surface area contributed by atoms with E-state index in [1.807, 2.05) is 0 Å². The molecule has 1 N–H and O–H groups in total. The van der Waals surface area contributed by atoms with Gasteiger partial charge in [0.2, 0.25) is 0 Å². The third-order valence-corrected chi connectivity index (χ3v) is 2.81. The topological polar surface area (TPSA) is 83.9 Å². The van der Waals surface area contributed by atoms with Gasteiger partial charge in [0.25, 0.3) is 16.0 Å². The number of amides is 1. The Morgan fingerprint density at radius 3 is 2.46 bits per heavy atom. The summed E-state index contributed by atoms with van der Waals surface area (Å²) in [4.78, 5) is 15.8. The van der Waals surface area contributed by atoms with Crippen LogP contribution in [0.4, 0.5) is 0 Å². The summed E-state index contributed by atoms with van der Waals surface area (Å²) in [6.07, 6.45) is -0.133. The van der Waals surface area contributed by atoms with E-state index in [-0.39, 0.29) is 12.1 Å². The Morgan fingerprint density at radius 2 is 2.23 bits per heavy atom. The average Bonchev–Trinajstić information content (AvgIpc) is 2.25. The van der Waals surface area contributed by atoms with Gasteiger partial charge in [0.1, 0.15) is 0 Å². The first-order valence-electron chi connectivity index (χ1n) is 3.40. The predicted octanol–water partition coefficient (Wildman–Crippen LogP) is -0.450. The molecule has 1 saturated heterocycles. The summed E-state index contributed by atoms with van der Waals surface area (Å²) >= 11 is 0. The highest BCUT2D eigenvalue weighted by Gasteiger charge is 2.43. The van der Waals surface area contributed by atoms with E-state index in [1.165, 1.54) is 7.11 Å². The first kappa shape index (κ1) is 10.2. The molecule has 1 aliphatic rings. The number of hydrogen-bond donors (Lipinski definition) is 1. The van der Waals surface area contributed by atoms with E-state index < -0.39 is 21.3 Å². The van der Waals surface area contributed by atoms with Gasteiger partial charge in [-0.1, -0.05) is 6.58 Å². The molecular formula is C6H9NO5S. The van der Waals surface area contributed by atoms with Crippen molar-refractivity contribution < 1.29 is 22.6 Å². The smallest absolute Gasteiger partial charge is 0.277 e. The van der Waals surface area contributed by atoms with Gasteiger partial charge in [0, 0.05) is 12.1 Å². The van der Waals surface area contributed by atoms with Crippen LogP contribution in [0.5, 0.6) is 0 Å². The van der Waals surface area contributed by atoms with Crippen LogP contribution in [-0.4, -0.2) is 36.3 Å². The highest BCUT2D eigenvalue weighted by Crippen LogP contribution is 2.25. The molecule has 0 aromatic carbocycles. The molecule has 0 aliphatic carbocycles. The number of nitrogens with zero attached hydrogens (tertiary/aromatic N) is 1. The SMILES string of the molecule is C=C1CC(S(=O)(=O)O)C(=O)N1OC. The Kier molecular flexibility index (Phi) is 2.42.